The summed E-state index contributed by atoms with van der Waals surface area (Å²) in [7, 11) is 2.02. The first kappa shape index (κ1) is 15.1. The molecule has 108 valence electrons. The van der Waals surface area contributed by atoms with Crippen LogP contribution in [0.15, 0.2) is 30.3 Å². The number of benzene rings is 1. The van der Waals surface area contributed by atoms with Gasteiger partial charge in [0.25, 0.3) is 0 Å². The summed E-state index contributed by atoms with van der Waals surface area (Å²) in [4.78, 5) is 2.38. The molecule has 0 unspecified atom stereocenters. The Balaban J connectivity index is 2.46. The summed E-state index contributed by atoms with van der Waals surface area (Å²) < 4.78 is 1.99. The first-order chi connectivity index (χ1) is 9.69. The Morgan fingerprint density at radius 2 is 1.95 bits per heavy atom. The number of unbranched alkanes of at least 4 members (excludes halogenated alkanes) is 1. The summed E-state index contributed by atoms with van der Waals surface area (Å²) >= 11 is 3.60. The quantitative estimate of drug-likeness (QED) is 0.721. The molecule has 3 nitrogen and oxygen atoms in total. The minimum Gasteiger partial charge on any atom is -0.326 e. The van der Waals surface area contributed by atoms with Crippen LogP contribution in [-0.2, 0) is 12.4 Å². The van der Waals surface area contributed by atoms with Gasteiger partial charge < -0.3 is 4.90 Å². The summed E-state index contributed by atoms with van der Waals surface area (Å²) in [6, 6.07) is 10.6. The van der Waals surface area contributed by atoms with Crippen molar-refractivity contribution in [2.45, 2.75) is 32.0 Å². The van der Waals surface area contributed by atoms with Crippen molar-refractivity contribution >= 4 is 27.4 Å². The van der Waals surface area contributed by atoms with E-state index < -0.39 is 0 Å². The molecule has 20 heavy (non-hydrogen) atoms. The van der Waals surface area contributed by atoms with Gasteiger partial charge in [0.15, 0.2) is 0 Å². The number of rotatable bonds is 6. The van der Waals surface area contributed by atoms with Crippen molar-refractivity contribution in [2.75, 3.05) is 11.4 Å². The number of halogens is 1. The first-order valence-corrected chi connectivity index (χ1v) is 8.22. The van der Waals surface area contributed by atoms with Gasteiger partial charge in [-0.1, -0.05) is 47.5 Å². The molecule has 0 atom stereocenters. The Labute approximate surface area is 129 Å². The van der Waals surface area contributed by atoms with Gasteiger partial charge in [0.1, 0.15) is 5.82 Å². The molecule has 2 rings (SSSR count). The van der Waals surface area contributed by atoms with Gasteiger partial charge >= 0.3 is 0 Å². The maximum atomic E-state index is 4.58. The average Bonchev–Trinajstić information content (AvgIpc) is 2.75. The van der Waals surface area contributed by atoms with Crippen LogP contribution in [0.25, 0.3) is 0 Å². The highest BCUT2D eigenvalue weighted by atomic mass is 79.9. The van der Waals surface area contributed by atoms with Crippen molar-refractivity contribution in [3.8, 4) is 0 Å². The molecule has 1 aromatic heterocycles. The minimum atomic E-state index is 0.831. The predicted molar refractivity (Wildman–Crippen MR) is 88.9 cm³/mol. The van der Waals surface area contributed by atoms with Gasteiger partial charge in [0.2, 0.25) is 0 Å². The average molecular weight is 336 g/mol. The van der Waals surface area contributed by atoms with Gasteiger partial charge in [-0.3, -0.25) is 4.68 Å². The third kappa shape index (κ3) is 3.06. The molecule has 0 saturated carbocycles. The van der Waals surface area contributed by atoms with Crippen LogP contribution in [0, 0.1) is 6.92 Å². The van der Waals surface area contributed by atoms with Crippen LogP contribution in [0.1, 0.15) is 31.0 Å². The van der Waals surface area contributed by atoms with Crippen LogP contribution in [0.4, 0.5) is 11.5 Å². The summed E-state index contributed by atoms with van der Waals surface area (Å²) in [6.07, 6.45) is 2.35. The van der Waals surface area contributed by atoms with Crippen LogP contribution in [-0.4, -0.2) is 16.3 Å². The zero-order valence-corrected chi connectivity index (χ0v) is 14.0. The molecule has 1 heterocycles. The number of aromatic nitrogens is 2. The number of para-hydroxylation sites is 1. The third-order valence-corrected chi connectivity index (χ3v) is 4.07. The SMILES string of the molecule is CCCCN(c1ccccc1)c1c(CBr)c(C)nn1C. The summed E-state index contributed by atoms with van der Waals surface area (Å²) in [5.41, 5.74) is 3.59. The van der Waals surface area contributed by atoms with Crippen molar-refractivity contribution in [2.24, 2.45) is 7.05 Å². The van der Waals surface area contributed by atoms with Crippen molar-refractivity contribution in [1.29, 1.82) is 0 Å². The van der Waals surface area contributed by atoms with E-state index in [0.717, 1.165) is 17.6 Å². The fraction of sp³-hybridized carbons (Fsp3) is 0.438. The Morgan fingerprint density at radius 1 is 1.25 bits per heavy atom. The number of anilines is 2. The van der Waals surface area contributed by atoms with Crippen LogP contribution < -0.4 is 4.90 Å². The third-order valence-electron chi connectivity index (χ3n) is 3.51. The molecule has 0 N–H and O–H groups in total. The molecule has 2 aromatic rings. The molecule has 1 aromatic carbocycles. The van der Waals surface area contributed by atoms with Gasteiger partial charge in [-0.25, -0.2) is 0 Å². The van der Waals surface area contributed by atoms with Crippen molar-refractivity contribution < 1.29 is 0 Å². The van der Waals surface area contributed by atoms with E-state index >= 15 is 0 Å². The van der Waals surface area contributed by atoms with Gasteiger partial charge in [0.05, 0.1) is 5.69 Å². The van der Waals surface area contributed by atoms with E-state index in [2.05, 4.69) is 70.1 Å². The van der Waals surface area contributed by atoms with Gasteiger partial charge in [-0.05, 0) is 25.5 Å². The van der Waals surface area contributed by atoms with Gasteiger partial charge in [0, 0.05) is 30.2 Å². The van der Waals surface area contributed by atoms with E-state index in [-0.39, 0.29) is 0 Å². The van der Waals surface area contributed by atoms with Crippen LogP contribution in [0.3, 0.4) is 0 Å². The Bertz CT molecular complexity index is 548. The highest BCUT2D eigenvalue weighted by molar-refractivity contribution is 9.08. The molecule has 0 radical (unpaired) electrons. The van der Waals surface area contributed by atoms with E-state index in [4.69, 9.17) is 0 Å². The standard InChI is InChI=1S/C16H22BrN3/c1-4-5-11-20(14-9-7-6-8-10-14)16-15(12-17)13(2)18-19(16)3/h6-10H,4-5,11-12H2,1-3H3. The highest BCUT2D eigenvalue weighted by Crippen LogP contribution is 2.31. The summed E-state index contributed by atoms with van der Waals surface area (Å²) in [5, 5.41) is 5.41. The maximum absolute atomic E-state index is 4.58. The molecule has 0 amide bonds. The molecule has 0 spiro atoms. The summed E-state index contributed by atoms with van der Waals surface area (Å²) in [6.45, 7) is 5.31. The second kappa shape index (κ2) is 6.93. The molecule has 0 bridgehead atoms. The Morgan fingerprint density at radius 3 is 2.55 bits per heavy atom. The number of hydrogen-bond acceptors (Lipinski definition) is 2. The highest BCUT2D eigenvalue weighted by Gasteiger charge is 2.19. The van der Waals surface area contributed by atoms with Crippen LogP contribution >= 0.6 is 15.9 Å². The van der Waals surface area contributed by atoms with E-state index in [0.29, 0.717) is 0 Å². The molecule has 4 heteroatoms. The van der Waals surface area contributed by atoms with E-state index in [1.807, 2.05) is 11.7 Å². The largest absolute Gasteiger partial charge is 0.326 e. The second-order valence-corrected chi connectivity index (χ2v) is 5.55. The van der Waals surface area contributed by atoms with E-state index in [1.165, 1.54) is 29.9 Å². The number of nitrogens with zero attached hydrogens (tertiary/aromatic N) is 3. The number of alkyl halides is 1. The molecular formula is C16H22BrN3. The molecule has 0 aliphatic carbocycles. The fourth-order valence-electron chi connectivity index (χ4n) is 2.47. The molecule has 0 aliphatic rings. The maximum Gasteiger partial charge on any atom is 0.135 e. The first-order valence-electron chi connectivity index (χ1n) is 7.10. The molecular weight excluding hydrogens is 314 g/mol. The van der Waals surface area contributed by atoms with Crippen molar-refractivity contribution in [1.82, 2.24) is 9.78 Å². The lowest BCUT2D eigenvalue weighted by Crippen LogP contribution is -2.22. The Kier molecular flexibility index (Phi) is 5.24. The normalized spacial score (nSPS) is 10.8. The lowest BCUT2D eigenvalue weighted by atomic mass is 10.2. The van der Waals surface area contributed by atoms with Crippen molar-refractivity contribution in [3.05, 3.63) is 41.6 Å². The van der Waals surface area contributed by atoms with Crippen LogP contribution in [0.5, 0.6) is 0 Å². The van der Waals surface area contributed by atoms with E-state index in [1.54, 1.807) is 0 Å². The summed E-state index contributed by atoms with van der Waals surface area (Å²) in [5.74, 6) is 1.19. The smallest absolute Gasteiger partial charge is 0.135 e. The second-order valence-electron chi connectivity index (χ2n) is 4.99. The van der Waals surface area contributed by atoms with Gasteiger partial charge in [-0.15, -0.1) is 0 Å². The monoisotopic (exact) mass is 335 g/mol. The van der Waals surface area contributed by atoms with Crippen molar-refractivity contribution in [3.63, 3.8) is 0 Å². The van der Waals surface area contributed by atoms with E-state index in [9.17, 15) is 0 Å². The number of aryl methyl sites for hydroxylation is 2. The molecule has 0 aliphatic heterocycles. The van der Waals surface area contributed by atoms with Gasteiger partial charge in [-0.2, -0.15) is 5.10 Å². The fourth-order valence-corrected chi connectivity index (χ4v) is 3.12. The van der Waals surface area contributed by atoms with Crippen LogP contribution in [0.2, 0.25) is 0 Å². The lowest BCUT2D eigenvalue weighted by molar-refractivity contribution is 0.715. The minimum absolute atomic E-state index is 0.831. The zero-order chi connectivity index (χ0) is 14.5. The number of hydrogen-bond donors (Lipinski definition) is 0. The molecule has 0 fully saturated rings. The predicted octanol–water partition coefficient (Wildman–Crippen LogP) is 4.56. The lowest BCUT2D eigenvalue weighted by Gasteiger charge is -2.26. The Hall–Kier alpha value is -1.29. The zero-order valence-electron chi connectivity index (χ0n) is 12.4. The molecule has 0 saturated heterocycles. The topological polar surface area (TPSA) is 21.1 Å².